The van der Waals surface area contributed by atoms with Crippen LogP contribution in [0.25, 0.3) is 11.6 Å². The third-order valence-electron chi connectivity index (χ3n) is 3.22. The summed E-state index contributed by atoms with van der Waals surface area (Å²) in [5, 5.41) is 8.03. The Bertz CT molecular complexity index is 996. The minimum atomic E-state index is -5.47. The van der Waals surface area contributed by atoms with Gasteiger partial charge in [-0.25, -0.2) is 8.42 Å². The molecule has 2 aromatic heterocycles. The molecule has 0 amide bonds. The maximum atomic E-state index is 12.9. The normalized spacial score (nSPS) is 12.5. The van der Waals surface area contributed by atoms with Crippen molar-refractivity contribution in [1.82, 2.24) is 14.8 Å². The summed E-state index contributed by atoms with van der Waals surface area (Å²) >= 11 is 0.770. The van der Waals surface area contributed by atoms with E-state index in [2.05, 4.69) is 10.2 Å². The van der Waals surface area contributed by atoms with Gasteiger partial charge < -0.3 is 8.98 Å². The molecule has 11 heteroatoms. The van der Waals surface area contributed by atoms with Crippen LogP contribution in [0.5, 0.6) is 0 Å². The summed E-state index contributed by atoms with van der Waals surface area (Å²) in [4.78, 5) is -0.920. The maximum Gasteiger partial charge on any atom is 0.501 e. The average molecular weight is 389 g/mol. The zero-order valence-electron chi connectivity index (χ0n) is 12.6. The quantitative estimate of drug-likeness (QED) is 0.679. The molecule has 0 fully saturated rings. The van der Waals surface area contributed by atoms with E-state index in [1.807, 2.05) is 0 Å². The summed E-state index contributed by atoms with van der Waals surface area (Å²) in [5.74, 6) is 0.793. The monoisotopic (exact) mass is 389 g/mol. The summed E-state index contributed by atoms with van der Waals surface area (Å²) in [5.41, 5.74) is -5.39. The fourth-order valence-corrected chi connectivity index (χ4v) is 4.11. The van der Waals surface area contributed by atoms with Crippen molar-refractivity contribution >= 4 is 21.6 Å². The topological polar surface area (TPSA) is 78.0 Å². The highest BCUT2D eigenvalue weighted by Crippen LogP contribution is 2.38. The van der Waals surface area contributed by atoms with E-state index in [-0.39, 0.29) is 10.1 Å². The third kappa shape index (κ3) is 3.16. The SMILES string of the molecule is Cn1c(Sc2ccccc2S(=O)(=O)C(F)(F)F)nnc1-c1ccco1. The standard InChI is InChI=1S/C14H10F3N3O3S2/c1-20-12(9-5-4-8-23-9)18-19-13(20)24-10-6-2-3-7-11(10)25(21,22)14(15,16)17/h2-8H,1H3. The second-order valence-electron chi connectivity index (χ2n) is 4.84. The lowest BCUT2D eigenvalue weighted by Gasteiger charge is -2.11. The first-order valence-corrected chi connectivity index (χ1v) is 9.03. The number of alkyl halides is 3. The first-order chi connectivity index (χ1) is 11.7. The minimum absolute atomic E-state index is 0.0960. The summed E-state index contributed by atoms with van der Waals surface area (Å²) in [6.45, 7) is 0. The van der Waals surface area contributed by atoms with Gasteiger partial charge in [0.05, 0.1) is 11.2 Å². The van der Waals surface area contributed by atoms with Crippen LogP contribution in [0.1, 0.15) is 0 Å². The van der Waals surface area contributed by atoms with Gasteiger partial charge in [0.25, 0.3) is 9.84 Å². The number of hydrogen-bond acceptors (Lipinski definition) is 6. The molecule has 3 aromatic rings. The van der Waals surface area contributed by atoms with Gasteiger partial charge in [-0.3, -0.25) is 0 Å². The van der Waals surface area contributed by atoms with E-state index in [0.717, 1.165) is 17.8 Å². The molecule has 0 spiro atoms. The summed E-state index contributed by atoms with van der Waals surface area (Å²) in [7, 11) is -3.87. The Kier molecular flexibility index (Phi) is 4.37. The van der Waals surface area contributed by atoms with Crippen molar-refractivity contribution in [2.24, 2.45) is 7.05 Å². The van der Waals surface area contributed by atoms with Crippen LogP contribution < -0.4 is 0 Å². The van der Waals surface area contributed by atoms with Gasteiger partial charge in [-0.2, -0.15) is 13.2 Å². The second kappa shape index (κ2) is 6.23. The Morgan fingerprint density at radius 1 is 1.12 bits per heavy atom. The van der Waals surface area contributed by atoms with Crippen LogP contribution in [0.4, 0.5) is 13.2 Å². The molecule has 0 saturated heterocycles. The van der Waals surface area contributed by atoms with Crippen molar-refractivity contribution in [2.75, 3.05) is 0 Å². The highest BCUT2D eigenvalue weighted by atomic mass is 32.2. The van der Waals surface area contributed by atoms with Crippen LogP contribution in [0.2, 0.25) is 0 Å². The van der Waals surface area contributed by atoms with Crippen molar-refractivity contribution in [2.45, 2.75) is 20.5 Å². The number of aromatic nitrogens is 3. The van der Waals surface area contributed by atoms with Gasteiger partial charge in [-0.15, -0.1) is 10.2 Å². The molecular weight excluding hydrogens is 379 g/mol. The minimum Gasteiger partial charge on any atom is -0.461 e. The number of furan rings is 1. The second-order valence-corrected chi connectivity index (χ2v) is 7.76. The Morgan fingerprint density at radius 2 is 1.84 bits per heavy atom. The molecular formula is C14H10F3N3O3S2. The van der Waals surface area contributed by atoms with E-state index in [0.29, 0.717) is 11.6 Å². The van der Waals surface area contributed by atoms with E-state index in [4.69, 9.17) is 4.42 Å². The molecule has 0 radical (unpaired) electrons. The molecule has 0 aliphatic heterocycles. The van der Waals surface area contributed by atoms with Gasteiger partial charge in [0, 0.05) is 11.9 Å². The van der Waals surface area contributed by atoms with E-state index < -0.39 is 20.2 Å². The molecule has 0 aliphatic rings. The zero-order chi connectivity index (χ0) is 18.2. The van der Waals surface area contributed by atoms with Crippen LogP contribution in [0.15, 0.2) is 62.0 Å². The summed E-state index contributed by atoms with van der Waals surface area (Å²) < 4.78 is 68.8. The van der Waals surface area contributed by atoms with Gasteiger partial charge in [0.15, 0.2) is 16.7 Å². The molecule has 25 heavy (non-hydrogen) atoms. The van der Waals surface area contributed by atoms with Crippen molar-refractivity contribution in [3.8, 4) is 11.6 Å². The number of hydrogen-bond donors (Lipinski definition) is 0. The van der Waals surface area contributed by atoms with Crippen molar-refractivity contribution in [3.63, 3.8) is 0 Å². The molecule has 0 aliphatic carbocycles. The van der Waals surface area contributed by atoms with Gasteiger partial charge >= 0.3 is 5.51 Å². The molecule has 6 nitrogen and oxygen atoms in total. The lowest BCUT2D eigenvalue weighted by atomic mass is 10.4. The molecule has 0 bridgehead atoms. The van der Waals surface area contributed by atoms with Crippen LogP contribution in [-0.2, 0) is 16.9 Å². The smallest absolute Gasteiger partial charge is 0.461 e. The molecule has 0 unspecified atom stereocenters. The average Bonchev–Trinajstić information content (AvgIpc) is 3.17. The molecule has 132 valence electrons. The van der Waals surface area contributed by atoms with E-state index >= 15 is 0 Å². The predicted molar refractivity (Wildman–Crippen MR) is 82.5 cm³/mol. The fourth-order valence-electron chi connectivity index (χ4n) is 2.00. The highest BCUT2D eigenvalue weighted by Gasteiger charge is 2.48. The number of nitrogens with zero attached hydrogens (tertiary/aromatic N) is 3. The summed E-state index contributed by atoms with van der Waals surface area (Å²) in [6, 6.07) is 8.18. The molecule has 1 aromatic carbocycles. The summed E-state index contributed by atoms with van der Waals surface area (Å²) in [6.07, 6.45) is 1.45. The highest BCUT2D eigenvalue weighted by molar-refractivity contribution is 8.00. The first kappa shape index (κ1) is 17.5. The van der Waals surface area contributed by atoms with Crippen LogP contribution in [0, 0.1) is 0 Å². The molecule has 0 N–H and O–H groups in total. The van der Waals surface area contributed by atoms with Gasteiger partial charge in [0.1, 0.15) is 0 Å². The third-order valence-corrected chi connectivity index (χ3v) is 6.01. The van der Waals surface area contributed by atoms with Crippen LogP contribution >= 0.6 is 11.8 Å². The Hall–Kier alpha value is -2.27. The molecule has 3 rings (SSSR count). The van der Waals surface area contributed by atoms with E-state index in [1.165, 1.54) is 29.0 Å². The van der Waals surface area contributed by atoms with Crippen molar-refractivity contribution < 1.29 is 26.0 Å². The van der Waals surface area contributed by atoms with Crippen molar-refractivity contribution in [1.29, 1.82) is 0 Å². The predicted octanol–water partition coefficient (Wildman–Crippen LogP) is 3.52. The first-order valence-electron chi connectivity index (χ1n) is 6.73. The molecule has 0 atom stereocenters. The molecule has 0 saturated carbocycles. The van der Waals surface area contributed by atoms with Crippen LogP contribution in [-0.4, -0.2) is 28.7 Å². The fraction of sp³-hybridized carbons (Fsp3) is 0.143. The lowest BCUT2D eigenvalue weighted by Crippen LogP contribution is -2.23. The number of benzene rings is 1. The van der Waals surface area contributed by atoms with Gasteiger partial charge in [-0.05, 0) is 36.0 Å². The molecule has 2 heterocycles. The van der Waals surface area contributed by atoms with Crippen molar-refractivity contribution in [3.05, 3.63) is 42.7 Å². The van der Waals surface area contributed by atoms with E-state index in [1.54, 1.807) is 19.2 Å². The van der Waals surface area contributed by atoms with E-state index in [9.17, 15) is 21.6 Å². The van der Waals surface area contributed by atoms with Gasteiger partial charge in [0.2, 0.25) is 0 Å². The zero-order valence-corrected chi connectivity index (χ0v) is 14.2. The number of rotatable bonds is 4. The Labute approximate surface area is 144 Å². The van der Waals surface area contributed by atoms with Crippen LogP contribution in [0.3, 0.4) is 0 Å². The number of halogens is 3. The lowest BCUT2D eigenvalue weighted by molar-refractivity contribution is -0.0437. The Morgan fingerprint density at radius 3 is 2.48 bits per heavy atom. The maximum absolute atomic E-state index is 12.9. The largest absolute Gasteiger partial charge is 0.501 e. The van der Waals surface area contributed by atoms with Gasteiger partial charge in [-0.1, -0.05) is 12.1 Å². The number of sulfone groups is 1. The Balaban J connectivity index is 2.01.